The Morgan fingerprint density at radius 1 is 1.00 bits per heavy atom. The summed E-state index contributed by atoms with van der Waals surface area (Å²) in [4.78, 5) is 28.5. The first kappa shape index (κ1) is 15.8. The summed E-state index contributed by atoms with van der Waals surface area (Å²) in [6.45, 7) is 2.82. The quantitative estimate of drug-likeness (QED) is 0.911. The van der Waals surface area contributed by atoms with Crippen molar-refractivity contribution >= 4 is 17.6 Å². The van der Waals surface area contributed by atoms with Crippen LogP contribution in [-0.2, 0) is 4.79 Å². The van der Waals surface area contributed by atoms with Crippen LogP contribution in [-0.4, -0.2) is 47.9 Å². The Balaban J connectivity index is 1.57. The van der Waals surface area contributed by atoms with E-state index in [0.717, 1.165) is 45.3 Å². The highest BCUT2D eigenvalue weighted by molar-refractivity contribution is 5.93. The first-order chi connectivity index (χ1) is 11.1. The van der Waals surface area contributed by atoms with Crippen LogP contribution < -0.4 is 5.32 Å². The van der Waals surface area contributed by atoms with E-state index in [1.54, 1.807) is 17.0 Å². The lowest BCUT2D eigenvalue weighted by atomic mass is 9.97. The van der Waals surface area contributed by atoms with Crippen molar-refractivity contribution in [3.63, 3.8) is 0 Å². The fourth-order valence-corrected chi connectivity index (χ4v) is 3.25. The van der Waals surface area contributed by atoms with Gasteiger partial charge in [-0.3, -0.25) is 4.79 Å². The molecule has 0 aromatic heterocycles. The molecule has 2 aliphatic heterocycles. The molecule has 0 radical (unpaired) electrons. The van der Waals surface area contributed by atoms with Crippen LogP contribution in [0.5, 0.6) is 0 Å². The highest BCUT2D eigenvalue weighted by atomic mass is 19.1. The monoisotopic (exact) mass is 319 g/mol. The molecule has 124 valence electrons. The molecule has 2 fully saturated rings. The number of carbonyl (C=O) groups is 2. The van der Waals surface area contributed by atoms with E-state index >= 15 is 0 Å². The lowest BCUT2D eigenvalue weighted by molar-refractivity contribution is -0.121. The molecule has 3 rings (SSSR count). The fourth-order valence-electron chi connectivity index (χ4n) is 3.25. The second-order valence-corrected chi connectivity index (χ2v) is 6.26. The maximum atomic E-state index is 12.9. The molecule has 0 spiro atoms. The van der Waals surface area contributed by atoms with Crippen LogP contribution in [0.4, 0.5) is 14.9 Å². The Morgan fingerprint density at radius 2 is 1.65 bits per heavy atom. The topological polar surface area (TPSA) is 52.7 Å². The first-order valence-corrected chi connectivity index (χ1v) is 8.24. The minimum Gasteiger partial charge on any atom is -0.326 e. The van der Waals surface area contributed by atoms with Gasteiger partial charge in [-0.25, -0.2) is 9.18 Å². The summed E-state index contributed by atoms with van der Waals surface area (Å²) in [7, 11) is 0. The van der Waals surface area contributed by atoms with Gasteiger partial charge in [0.1, 0.15) is 5.82 Å². The van der Waals surface area contributed by atoms with E-state index in [1.165, 1.54) is 12.1 Å². The number of urea groups is 1. The Kier molecular flexibility index (Phi) is 4.79. The Hall–Kier alpha value is -2.11. The van der Waals surface area contributed by atoms with Crippen molar-refractivity contribution in [3.05, 3.63) is 30.1 Å². The van der Waals surface area contributed by atoms with Crippen LogP contribution in [0.15, 0.2) is 24.3 Å². The molecular weight excluding hydrogens is 297 g/mol. The van der Waals surface area contributed by atoms with Crippen LogP contribution in [0.2, 0.25) is 0 Å². The van der Waals surface area contributed by atoms with Crippen LogP contribution in [0.25, 0.3) is 0 Å². The molecule has 5 nitrogen and oxygen atoms in total. The number of halogens is 1. The number of nitrogens with one attached hydrogen (secondary N) is 1. The van der Waals surface area contributed by atoms with Crippen molar-refractivity contribution in [1.29, 1.82) is 0 Å². The molecule has 2 heterocycles. The summed E-state index contributed by atoms with van der Waals surface area (Å²) in [6.07, 6.45) is 3.74. The van der Waals surface area contributed by atoms with Gasteiger partial charge >= 0.3 is 6.03 Å². The zero-order valence-electron chi connectivity index (χ0n) is 13.1. The number of nitrogens with zero attached hydrogens (tertiary/aromatic N) is 2. The van der Waals surface area contributed by atoms with E-state index in [2.05, 4.69) is 5.32 Å². The van der Waals surface area contributed by atoms with Gasteiger partial charge in [0, 0.05) is 31.9 Å². The fraction of sp³-hybridized carbons (Fsp3) is 0.529. The van der Waals surface area contributed by atoms with Crippen LogP contribution in [0.3, 0.4) is 0 Å². The predicted octanol–water partition coefficient (Wildman–Crippen LogP) is 2.69. The molecule has 3 amide bonds. The molecule has 2 aliphatic rings. The minimum atomic E-state index is -0.331. The number of piperidine rings is 1. The number of amides is 3. The zero-order chi connectivity index (χ0) is 16.2. The summed E-state index contributed by atoms with van der Waals surface area (Å²) < 4.78 is 12.9. The van der Waals surface area contributed by atoms with Gasteiger partial charge in [-0.15, -0.1) is 0 Å². The third kappa shape index (κ3) is 3.81. The van der Waals surface area contributed by atoms with Crippen molar-refractivity contribution < 1.29 is 14.0 Å². The Labute approximate surface area is 135 Å². The molecule has 2 saturated heterocycles. The molecule has 1 N–H and O–H groups in total. The molecule has 1 aromatic carbocycles. The van der Waals surface area contributed by atoms with E-state index in [-0.39, 0.29) is 23.7 Å². The van der Waals surface area contributed by atoms with Crippen molar-refractivity contribution in [2.75, 3.05) is 31.5 Å². The molecule has 1 aromatic rings. The van der Waals surface area contributed by atoms with Crippen LogP contribution in [0, 0.1) is 11.7 Å². The molecule has 0 aliphatic carbocycles. The van der Waals surface area contributed by atoms with Crippen molar-refractivity contribution in [1.82, 2.24) is 9.80 Å². The molecule has 0 saturated carbocycles. The van der Waals surface area contributed by atoms with Crippen molar-refractivity contribution in [2.24, 2.45) is 5.92 Å². The lowest BCUT2D eigenvalue weighted by Crippen LogP contribution is -2.48. The zero-order valence-corrected chi connectivity index (χ0v) is 13.1. The van der Waals surface area contributed by atoms with E-state index in [0.29, 0.717) is 12.2 Å². The largest absolute Gasteiger partial charge is 0.326 e. The second kappa shape index (κ2) is 6.98. The molecule has 6 heteroatoms. The molecule has 0 bridgehead atoms. The number of carbonyl (C=O) groups excluding carboxylic acids is 2. The number of anilines is 1. The predicted molar refractivity (Wildman–Crippen MR) is 85.5 cm³/mol. The highest BCUT2D eigenvalue weighted by Gasteiger charge is 2.31. The minimum absolute atomic E-state index is 0.0572. The second-order valence-electron chi connectivity index (χ2n) is 6.26. The first-order valence-electron chi connectivity index (χ1n) is 8.24. The molecule has 0 unspecified atom stereocenters. The maximum Gasteiger partial charge on any atom is 0.320 e. The summed E-state index contributed by atoms with van der Waals surface area (Å²) in [5, 5.41) is 2.81. The SMILES string of the molecule is O=C(Nc1ccc(F)cc1)[C@H]1CCCN(C(=O)N2CCCC2)C1. The van der Waals surface area contributed by atoms with E-state index in [4.69, 9.17) is 0 Å². The average molecular weight is 319 g/mol. The van der Waals surface area contributed by atoms with Gasteiger partial charge in [0.2, 0.25) is 5.91 Å². The molecule has 23 heavy (non-hydrogen) atoms. The normalized spacial score (nSPS) is 21.3. The Morgan fingerprint density at radius 3 is 2.35 bits per heavy atom. The summed E-state index contributed by atoms with van der Waals surface area (Å²) in [5.74, 6) is -0.640. The van der Waals surface area contributed by atoms with E-state index in [9.17, 15) is 14.0 Å². The Bertz CT molecular complexity index is 570. The third-order valence-corrected chi connectivity index (χ3v) is 4.55. The van der Waals surface area contributed by atoms with Crippen molar-refractivity contribution in [2.45, 2.75) is 25.7 Å². The smallest absolute Gasteiger partial charge is 0.320 e. The average Bonchev–Trinajstić information content (AvgIpc) is 3.11. The number of rotatable bonds is 2. The van der Waals surface area contributed by atoms with Gasteiger partial charge in [-0.2, -0.15) is 0 Å². The maximum absolute atomic E-state index is 12.9. The van der Waals surface area contributed by atoms with Gasteiger partial charge in [0.05, 0.1) is 5.92 Å². The van der Waals surface area contributed by atoms with Gasteiger partial charge in [0.25, 0.3) is 0 Å². The van der Waals surface area contributed by atoms with Crippen molar-refractivity contribution in [3.8, 4) is 0 Å². The summed E-state index contributed by atoms with van der Waals surface area (Å²) in [6, 6.07) is 5.79. The van der Waals surface area contributed by atoms with Gasteiger partial charge in [-0.05, 0) is 49.9 Å². The van der Waals surface area contributed by atoms with Gasteiger partial charge in [-0.1, -0.05) is 0 Å². The number of benzene rings is 1. The summed E-state index contributed by atoms with van der Waals surface area (Å²) >= 11 is 0. The van der Waals surface area contributed by atoms with Crippen LogP contribution in [0.1, 0.15) is 25.7 Å². The van der Waals surface area contributed by atoms with Gasteiger partial charge in [0.15, 0.2) is 0 Å². The third-order valence-electron chi connectivity index (χ3n) is 4.55. The standard InChI is InChI=1S/C17H22FN3O2/c18-14-5-7-15(8-6-14)19-16(22)13-4-3-11-21(12-13)17(23)20-9-1-2-10-20/h5-8,13H,1-4,9-12H2,(H,19,22)/t13-/m0/s1. The number of hydrogen-bond acceptors (Lipinski definition) is 2. The van der Waals surface area contributed by atoms with E-state index in [1.807, 2.05) is 4.90 Å². The molecule has 1 atom stereocenters. The highest BCUT2D eigenvalue weighted by Crippen LogP contribution is 2.21. The molecular formula is C17H22FN3O2. The summed E-state index contributed by atoms with van der Waals surface area (Å²) in [5.41, 5.74) is 0.583. The van der Waals surface area contributed by atoms with Gasteiger partial charge < -0.3 is 15.1 Å². The number of likely N-dealkylation sites (tertiary alicyclic amines) is 2. The lowest BCUT2D eigenvalue weighted by Gasteiger charge is -2.34. The van der Waals surface area contributed by atoms with Crippen LogP contribution >= 0.6 is 0 Å². The number of hydrogen-bond donors (Lipinski definition) is 1. The van der Waals surface area contributed by atoms with E-state index < -0.39 is 0 Å².